The van der Waals surface area contributed by atoms with Gasteiger partial charge in [-0.05, 0) is 45.4 Å². The van der Waals surface area contributed by atoms with Gasteiger partial charge in [0, 0.05) is 24.2 Å². The summed E-state index contributed by atoms with van der Waals surface area (Å²) in [4.78, 5) is 49.6. The molecule has 1 heterocycles. The third kappa shape index (κ3) is 4.50. The molecule has 8 heteroatoms. The Morgan fingerprint density at radius 2 is 1.70 bits per heavy atom. The molecule has 0 fully saturated rings. The van der Waals surface area contributed by atoms with Crippen LogP contribution in [-0.2, 0) is 4.79 Å². The Morgan fingerprint density at radius 1 is 1.07 bits per heavy atom. The lowest BCUT2D eigenvalue weighted by Crippen LogP contribution is -2.45. The van der Waals surface area contributed by atoms with Crippen LogP contribution in [-0.4, -0.2) is 47.2 Å². The van der Waals surface area contributed by atoms with Gasteiger partial charge in [0.25, 0.3) is 17.7 Å². The summed E-state index contributed by atoms with van der Waals surface area (Å²) in [6, 6.07) is 6.20. The van der Waals surface area contributed by atoms with Crippen LogP contribution in [0.1, 0.15) is 64.7 Å². The van der Waals surface area contributed by atoms with E-state index in [4.69, 9.17) is 5.26 Å². The van der Waals surface area contributed by atoms with E-state index < -0.39 is 11.4 Å². The molecular weight excluding hydrogens is 348 g/mol. The number of carbonyl (C=O) groups is 4. The Labute approximate surface area is 157 Å². The second-order valence-electron chi connectivity index (χ2n) is 7.17. The summed E-state index contributed by atoms with van der Waals surface area (Å²) >= 11 is 0. The summed E-state index contributed by atoms with van der Waals surface area (Å²) in [5.41, 5.74) is 0.170. The van der Waals surface area contributed by atoms with Crippen molar-refractivity contribution in [1.29, 1.82) is 5.26 Å². The van der Waals surface area contributed by atoms with Crippen LogP contribution in [0.2, 0.25) is 0 Å². The molecule has 2 rings (SSSR count). The van der Waals surface area contributed by atoms with Gasteiger partial charge in [-0.15, -0.1) is 0 Å². The summed E-state index contributed by atoms with van der Waals surface area (Å²) in [5, 5.41) is 13.6. The highest BCUT2D eigenvalue weighted by molar-refractivity contribution is 6.22. The minimum absolute atomic E-state index is 0.195. The lowest BCUT2D eigenvalue weighted by atomic mass is 10.1. The number of rotatable bonds is 6. The van der Waals surface area contributed by atoms with Gasteiger partial charge in [-0.2, -0.15) is 5.26 Å². The number of carbonyl (C=O) groups excluding carboxylic acids is 4. The van der Waals surface area contributed by atoms with Crippen molar-refractivity contribution in [2.45, 2.75) is 39.2 Å². The molecule has 0 saturated heterocycles. The van der Waals surface area contributed by atoms with Crippen LogP contribution in [0.5, 0.6) is 0 Å². The number of benzene rings is 1. The Hall–Kier alpha value is -3.21. The fourth-order valence-electron chi connectivity index (χ4n) is 2.75. The van der Waals surface area contributed by atoms with Crippen molar-refractivity contribution in [3.63, 3.8) is 0 Å². The number of nitrogens with zero attached hydrogens (tertiary/aromatic N) is 2. The topological polar surface area (TPSA) is 119 Å². The van der Waals surface area contributed by atoms with Gasteiger partial charge in [-0.1, -0.05) is 0 Å². The first kappa shape index (κ1) is 20.1. The van der Waals surface area contributed by atoms with Gasteiger partial charge in [0.1, 0.15) is 6.42 Å². The first-order valence-corrected chi connectivity index (χ1v) is 8.61. The van der Waals surface area contributed by atoms with E-state index in [9.17, 15) is 19.2 Å². The molecule has 0 aromatic heterocycles. The molecule has 0 atom stereocenters. The molecule has 1 aliphatic heterocycles. The SMILES string of the molecule is CC(C)(C)N1C(=O)c2ccc(C(=O)NCCCNC(=O)CC#N)cc2C1=O. The van der Waals surface area contributed by atoms with Crippen LogP contribution in [0.25, 0.3) is 0 Å². The average molecular weight is 370 g/mol. The van der Waals surface area contributed by atoms with Crippen molar-refractivity contribution in [1.82, 2.24) is 15.5 Å². The summed E-state index contributed by atoms with van der Waals surface area (Å²) < 4.78 is 0. The molecule has 142 valence electrons. The minimum Gasteiger partial charge on any atom is -0.355 e. The molecule has 0 bridgehead atoms. The zero-order chi connectivity index (χ0) is 20.2. The fourth-order valence-corrected chi connectivity index (χ4v) is 2.75. The quantitative estimate of drug-likeness (QED) is 0.576. The van der Waals surface area contributed by atoms with Crippen molar-refractivity contribution >= 4 is 23.6 Å². The zero-order valence-electron chi connectivity index (χ0n) is 15.6. The molecule has 0 unspecified atom stereocenters. The molecule has 0 aliphatic carbocycles. The van der Waals surface area contributed by atoms with Crippen LogP contribution in [0, 0.1) is 11.3 Å². The number of nitriles is 1. The predicted molar refractivity (Wildman–Crippen MR) is 96.9 cm³/mol. The van der Waals surface area contributed by atoms with E-state index in [0.29, 0.717) is 30.6 Å². The highest BCUT2D eigenvalue weighted by Crippen LogP contribution is 2.29. The third-order valence-corrected chi connectivity index (χ3v) is 4.02. The lowest BCUT2D eigenvalue weighted by molar-refractivity contribution is -0.120. The van der Waals surface area contributed by atoms with Gasteiger partial charge in [0.2, 0.25) is 5.91 Å². The van der Waals surface area contributed by atoms with E-state index in [0.717, 1.165) is 0 Å². The van der Waals surface area contributed by atoms with Gasteiger partial charge in [-0.25, -0.2) is 0 Å². The van der Waals surface area contributed by atoms with Gasteiger partial charge in [0.05, 0.1) is 17.2 Å². The number of amides is 4. The van der Waals surface area contributed by atoms with E-state index >= 15 is 0 Å². The summed E-state index contributed by atoms with van der Waals surface area (Å²) in [6.07, 6.45) is 0.308. The number of fused-ring (bicyclic) bond motifs is 1. The predicted octanol–water partition coefficient (Wildman–Crippen LogP) is 1.23. The molecule has 1 aromatic rings. The molecule has 0 radical (unpaired) electrons. The van der Waals surface area contributed by atoms with Crippen molar-refractivity contribution in [3.8, 4) is 6.07 Å². The van der Waals surface area contributed by atoms with Crippen molar-refractivity contribution < 1.29 is 19.2 Å². The highest BCUT2D eigenvalue weighted by Gasteiger charge is 2.42. The van der Waals surface area contributed by atoms with E-state index in [1.807, 2.05) is 0 Å². The largest absolute Gasteiger partial charge is 0.355 e. The first-order chi connectivity index (χ1) is 12.7. The van der Waals surface area contributed by atoms with Gasteiger partial charge < -0.3 is 10.6 Å². The number of hydrogen-bond acceptors (Lipinski definition) is 5. The van der Waals surface area contributed by atoms with Gasteiger partial charge in [0.15, 0.2) is 0 Å². The van der Waals surface area contributed by atoms with Crippen molar-refractivity contribution in [3.05, 3.63) is 34.9 Å². The normalized spacial score (nSPS) is 13.2. The highest BCUT2D eigenvalue weighted by atomic mass is 16.2. The van der Waals surface area contributed by atoms with Gasteiger partial charge in [-0.3, -0.25) is 24.1 Å². The fraction of sp³-hybridized carbons (Fsp3) is 0.421. The molecule has 8 nitrogen and oxygen atoms in total. The summed E-state index contributed by atoms with van der Waals surface area (Å²) in [7, 11) is 0. The van der Waals surface area contributed by atoms with Crippen molar-refractivity contribution in [2.75, 3.05) is 13.1 Å². The Morgan fingerprint density at radius 3 is 2.33 bits per heavy atom. The second-order valence-corrected chi connectivity index (χ2v) is 7.17. The monoisotopic (exact) mass is 370 g/mol. The van der Waals surface area contributed by atoms with Crippen LogP contribution in [0.4, 0.5) is 0 Å². The summed E-state index contributed by atoms with van der Waals surface area (Å²) in [6.45, 7) is 6.00. The van der Waals surface area contributed by atoms with E-state index in [2.05, 4.69) is 10.6 Å². The van der Waals surface area contributed by atoms with E-state index in [-0.39, 0.29) is 29.7 Å². The number of imide groups is 1. The van der Waals surface area contributed by atoms with E-state index in [1.54, 1.807) is 26.8 Å². The van der Waals surface area contributed by atoms with Crippen LogP contribution < -0.4 is 10.6 Å². The summed E-state index contributed by atoms with van der Waals surface area (Å²) in [5.74, 6) is -1.48. The van der Waals surface area contributed by atoms with E-state index in [1.165, 1.54) is 23.1 Å². The second kappa shape index (κ2) is 7.99. The number of hydrogen-bond donors (Lipinski definition) is 2. The Bertz CT molecular complexity index is 833. The van der Waals surface area contributed by atoms with Crippen LogP contribution in [0.15, 0.2) is 18.2 Å². The number of nitrogens with one attached hydrogen (secondary N) is 2. The molecular formula is C19H22N4O4. The molecule has 1 aromatic carbocycles. The van der Waals surface area contributed by atoms with Crippen molar-refractivity contribution in [2.24, 2.45) is 0 Å². The Balaban J connectivity index is 1.96. The maximum atomic E-state index is 12.6. The smallest absolute Gasteiger partial charge is 0.262 e. The maximum absolute atomic E-state index is 12.6. The molecule has 0 saturated carbocycles. The van der Waals surface area contributed by atoms with Crippen LogP contribution in [0.3, 0.4) is 0 Å². The molecule has 27 heavy (non-hydrogen) atoms. The Kier molecular flexibility index (Phi) is 5.95. The van der Waals surface area contributed by atoms with Gasteiger partial charge >= 0.3 is 0 Å². The maximum Gasteiger partial charge on any atom is 0.262 e. The molecule has 2 N–H and O–H groups in total. The third-order valence-electron chi connectivity index (χ3n) is 4.02. The standard InChI is InChI=1S/C19H22N4O4/c1-19(2,3)23-17(26)13-6-5-12(11-14(13)18(23)27)16(25)22-10-4-9-21-15(24)7-8-20/h5-6,11H,4,7,9-10H2,1-3H3,(H,21,24)(H,22,25). The molecule has 0 spiro atoms. The molecule has 4 amide bonds. The lowest BCUT2D eigenvalue weighted by Gasteiger charge is -2.29. The first-order valence-electron chi connectivity index (χ1n) is 8.61. The zero-order valence-corrected chi connectivity index (χ0v) is 15.6. The minimum atomic E-state index is -0.647. The molecule has 1 aliphatic rings. The average Bonchev–Trinajstić information content (AvgIpc) is 2.85. The van der Waals surface area contributed by atoms with Crippen LogP contribution >= 0.6 is 0 Å².